The monoisotopic (exact) mass is 291 g/mol. The summed E-state index contributed by atoms with van der Waals surface area (Å²) in [5.41, 5.74) is 1.28. The van der Waals surface area contributed by atoms with Crippen molar-refractivity contribution >= 4 is 28.4 Å². The van der Waals surface area contributed by atoms with Gasteiger partial charge in [0.15, 0.2) is 0 Å². The molecule has 6 nitrogen and oxygen atoms in total. The van der Waals surface area contributed by atoms with Gasteiger partial charge in [0, 0.05) is 18.3 Å². The molecule has 2 N–H and O–H groups in total. The molecule has 2 heterocycles. The molecule has 1 amide bonds. The smallest absolute Gasteiger partial charge is 0.340 e. The minimum absolute atomic E-state index is 0.0567. The van der Waals surface area contributed by atoms with Crippen LogP contribution in [0.15, 0.2) is 24.4 Å². The highest BCUT2D eigenvalue weighted by Crippen LogP contribution is 2.24. The maximum absolute atomic E-state index is 11.8. The molecule has 2 aromatic rings. The highest BCUT2D eigenvalue weighted by molar-refractivity contribution is 7.11. The summed E-state index contributed by atoms with van der Waals surface area (Å²) in [6.07, 6.45) is 2.42. The lowest BCUT2D eigenvalue weighted by Crippen LogP contribution is -2.14. The average molecular weight is 291 g/mol. The fourth-order valence-electron chi connectivity index (χ4n) is 1.68. The predicted molar refractivity (Wildman–Crippen MR) is 75.0 cm³/mol. The molecule has 0 fully saturated rings. The Morgan fingerprint density at radius 3 is 2.85 bits per heavy atom. The summed E-state index contributed by atoms with van der Waals surface area (Å²) in [4.78, 5) is 27.0. The van der Waals surface area contributed by atoms with Crippen LogP contribution in [0, 0.1) is 6.92 Å². The van der Waals surface area contributed by atoms with Crippen LogP contribution in [0.3, 0.4) is 0 Å². The molecule has 0 aliphatic carbocycles. The van der Waals surface area contributed by atoms with E-state index < -0.39 is 5.97 Å². The van der Waals surface area contributed by atoms with Gasteiger partial charge in [-0.1, -0.05) is 6.07 Å². The van der Waals surface area contributed by atoms with Crippen molar-refractivity contribution in [3.05, 3.63) is 41.3 Å². The van der Waals surface area contributed by atoms with Crippen LogP contribution in [0.1, 0.15) is 28.2 Å². The number of aromatic carboxylic acids is 1. The van der Waals surface area contributed by atoms with E-state index in [0.29, 0.717) is 12.1 Å². The van der Waals surface area contributed by atoms with Gasteiger partial charge < -0.3 is 10.4 Å². The van der Waals surface area contributed by atoms with Gasteiger partial charge in [-0.2, -0.15) is 4.37 Å². The molecule has 0 bridgehead atoms. The van der Waals surface area contributed by atoms with Gasteiger partial charge in [0.05, 0.1) is 5.69 Å². The second-order valence-electron chi connectivity index (χ2n) is 4.15. The number of pyridine rings is 1. The molecule has 0 unspecified atom stereocenters. The third-order valence-corrected chi connectivity index (χ3v) is 3.52. The Morgan fingerprint density at radius 2 is 2.20 bits per heavy atom. The number of amides is 1. The Hall–Kier alpha value is -2.28. The lowest BCUT2D eigenvalue weighted by atomic mass is 10.2. The number of aryl methyl sites for hydroxylation is 2. The van der Waals surface area contributed by atoms with Crippen molar-refractivity contribution in [3.63, 3.8) is 0 Å². The Morgan fingerprint density at radius 1 is 1.40 bits per heavy atom. The maximum atomic E-state index is 11.8. The topological polar surface area (TPSA) is 92.2 Å². The molecule has 2 rings (SSSR count). The molecule has 20 heavy (non-hydrogen) atoms. The Labute approximate surface area is 119 Å². The number of anilines is 1. The molecule has 7 heteroatoms. The van der Waals surface area contributed by atoms with E-state index in [1.165, 1.54) is 0 Å². The molecular formula is C13H13N3O3S. The summed E-state index contributed by atoms with van der Waals surface area (Å²) >= 11 is 0.976. The van der Waals surface area contributed by atoms with Crippen LogP contribution >= 0.6 is 11.5 Å². The molecule has 0 aromatic carbocycles. The van der Waals surface area contributed by atoms with E-state index in [1.807, 2.05) is 18.2 Å². The van der Waals surface area contributed by atoms with Crippen LogP contribution in [0.2, 0.25) is 0 Å². The number of aromatic nitrogens is 2. The van der Waals surface area contributed by atoms with E-state index in [4.69, 9.17) is 5.11 Å². The Bertz CT molecular complexity index is 625. The second-order valence-corrected chi connectivity index (χ2v) is 4.92. The second kappa shape index (κ2) is 6.25. The van der Waals surface area contributed by atoms with Crippen molar-refractivity contribution in [2.45, 2.75) is 19.8 Å². The SMILES string of the molecule is Cc1nsc(NC(=O)CCc2ccccn2)c1C(=O)O. The lowest BCUT2D eigenvalue weighted by Gasteiger charge is -2.03. The summed E-state index contributed by atoms with van der Waals surface area (Å²) in [6.45, 7) is 1.60. The Kier molecular flexibility index (Phi) is 4.41. The fraction of sp³-hybridized carbons (Fsp3) is 0.231. The van der Waals surface area contributed by atoms with Crippen molar-refractivity contribution in [1.82, 2.24) is 9.36 Å². The van der Waals surface area contributed by atoms with Crippen LogP contribution in [0.4, 0.5) is 5.00 Å². The molecule has 2 aromatic heterocycles. The van der Waals surface area contributed by atoms with Crippen molar-refractivity contribution < 1.29 is 14.7 Å². The number of nitrogens with one attached hydrogen (secondary N) is 1. The van der Waals surface area contributed by atoms with Gasteiger partial charge in [-0.05, 0) is 37.0 Å². The minimum atomic E-state index is -1.09. The molecule has 0 atom stereocenters. The van der Waals surface area contributed by atoms with Crippen LogP contribution in [0.5, 0.6) is 0 Å². The van der Waals surface area contributed by atoms with Crippen molar-refractivity contribution in [1.29, 1.82) is 0 Å². The average Bonchev–Trinajstić information content (AvgIpc) is 2.78. The highest BCUT2D eigenvalue weighted by atomic mass is 32.1. The van der Waals surface area contributed by atoms with Crippen molar-refractivity contribution in [2.75, 3.05) is 5.32 Å². The highest BCUT2D eigenvalue weighted by Gasteiger charge is 2.19. The summed E-state index contributed by atoms with van der Waals surface area (Å²) in [6, 6.07) is 5.50. The fourth-order valence-corrected chi connectivity index (χ4v) is 2.49. The first-order chi connectivity index (χ1) is 9.58. The van der Waals surface area contributed by atoms with Gasteiger partial charge in [0.2, 0.25) is 5.91 Å². The molecule has 0 radical (unpaired) electrons. The van der Waals surface area contributed by atoms with E-state index in [-0.39, 0.29) is 22.9 Å². The molecule has 104 valence electrons. The van der Waals surface area contributed by atoms with Crippen molar-refractivity contribution in [3.8, 4) is 0 Å². The molecule has 0 aliphatic rings. The number of hydrogen-bond acceptors (Lipinski definition) is 5. The Balaban J connectivity index is 1.97. The van der Waals surface area contributed by atoms with Gasteiger partial charge in [0.25, 0.3) is 0 Å². The largest absolute Gasteiger partial charge is 0.478 e. The molecule has 0 spiro atoms. The third-order valence-electron chi connectivity index (χ3n) is 2.66. The standard InChI is InChI=1S/C13H13N3O3S/c1-8-11(13(18)19)12(20-16-8)15-10(17)6-5-9-4-2-3-7-14-9/h2-4,7H,5-6H2,1H3,(H,15,17)(H,18,19). The molecule has 0 saturated carbocycles. The molecular weight excluding hydrogens is 278 g/mol. The number of carbonyl (C=O) groups is 2. The summed E-state index contributed by atoms with van der Waals surface area (Å²) in [5, 5.41) is 11.9. The summed E-state index contributed by atoms with van der Waals surface area (Å²) < 4.78 is 3.94. The van der Waals surface area contributed by atoms with E-state index in [0.717, 1.165) is 17.2 Å². The lowest BCUT2D eigenvalue weighted by molar-refractivity contribution is -0.116. The van der Waals surface area contributed by atoms with Gasteiger partial charge in [0.1, 0.15) is 10.6 Å². The minimum Gasteiger partial charge on any atom is -0.478 e. The number of nitrogens with zero attached hydrogens (tertiary/aromatic N) is 2. The molecule has 0 saturated heterocycles. The zero-order valence-electron chi connectivity index (χ0n) is 10.8. The number of rotatable bonds is 5. The maximum Gasteiger partial charge on any atom is 0.340 e. The van der Waals surface area contributed by atoms with Gasteiger partial charge in [-0.3, -0.25) is 9.78 Å². The van der Waals surface area contributed by atoms with Crippen LogP contribution in [0.25, 0.3) is 0 Å². The van der Waals surface area contributed by atoms with E-state index in [1.54, 1.807) is 13.1 Å². The zero-order chi connectivity index (χ0) is 14.5. The van der Waals surface area contributed by atoms with Gasteiger partial charge in [-0.15, -0.1) is 0 Å². The first-order valence-corrected chi connectivity index (χ1v) is 6.74. The van der Waals surface area contributed by atoms with Gasteiger partial charge in [-0.25, -0.2) is 4.79 Å². The first kappa shape index (κ1) is 14.1. The van der Waals surface area contributed by atoms with E-state index in [9.17, 15) is 9.59 Å². The number of carbonyl (C=O) groups excluding carboxylic acids is 1. The zero-order valence-corrected chi connectivity index (χ0v) is 11.6. The summed E-state index contributed by atoms with van der Waals surface area (Å²) in [5.74, 6) is -1.34. The normalized spacial score (nSPS) is 10.2. The number of hydrogen-bond donors (Lipinski definition) is 2. The molecule has 0 aliphatic heterocycles. The predicted octanol–water partition coefficient (Wildman–Crippen LogP) is 2.12. The van der Waals surface area contributed by atoms with Crippen LogP contribution < -0.4 is 5.32 Å². The third kappa shape index (κ3) is 3.39. The van der Waals surface area contributed by atoms with Crippen LogP contribution in [-0.2, 0) is 11.2 Å². The quantitative estimate of drug-likeness (QED) is 0.880. The van der Waals surface area contributed by atoms with Gasteiger partial charge >= 0.3 is 5.97 Å². The van der Waals surface area contributed by atoms with Crippen molar-refractivity contribution in [2.24, 2.45) is 0 Å². The number of carboxylic acids is 1. The van der Waals surface area contributed by atoms with E-state index >= 15 is 0 Å². The van der Waals surface area contributed by atoms with Crippen LogP contribution in [-0.4, -0.2) is 26.3 Å². The van der Waals surface area contributed by atoms with E-state index in [2.05, 4.69) is 14.7 Å². The number of carboxylic acid groups (broad SMARTS) is 1. The first-order valence-electron chi connectivity index (χ1n) is 5.97. The summed E-state index contributed by atoms with van der Waals surface area (Å²) in [7, 11) is 0.